The highest BCUT2D eigenvalue weighted by atomic mass is 19.1. The molecule has 0 radical (unpaired) electrons. The lowest BCUT2D eigenvalue weighted by Gasteiger charge is -2.09. The van der Waals surface area contributed by atoms with Crippen LogP contribution in [0, 0.1) is 18.6 Å². The van der Waals surface area contributed by atoms with E-state index in [9.17, 15) is 18.4 Å². The summed E-state index contributed by atoms with van der Waals surface area (Å²) in [5.41, 5.74) is 1.45. The zero-order chi connectivity index (χ0) is 19.4. The Morgan fingerprint density at radius 1 is 0.741 bits per heavy atom. The second kappa shape index (κ2) is 7.78. The lowest BCUT2D eigenvalue weighted by Crippen LogP contribution is -2.16. The van der Waals surface area contributed by atoms with Gasteiger partial charge in [0, 0.05) is 16.8 Å². The van der Waals surface area contributed by atoms with Crippen molar-refractivity contribution in [3.63, 3.8) is 0 Å². The number of aryl methyl sites for hydroxylation is 1. The molecule has 2 amide bonds. The predicted molar refractivity (Wildman–Crippen MR) is 99.9 cm³/mol. The van der Waals surface area contributed by atoms with Crippen LogP contribution in [0.4, 0.5) is 20.2 Å². The minimum absolute atomic E-state index is 0.106. The van der Waals surface area contributed by atoms with E-state index in [-0.39, 0.29) is 11.1 Å². The van der Waals surface area contributed by atoms with Gasteiger partial charge in [0.05, 0.1) is 0 Å². The summed E-state index contributed by atoms with van der Waals surface area (Å²) in [4.78, 5) is 24.7. The van der Waals surface area contributed by atoms with Gasteiger partial charge in [-0.1, -0.05) is 24.3 Å². The van der Waals surface area contributed by atoms with Crippen LogP contribution in [0.15, 0.2) is 66.7 Å². The second-order valence-electron chi connectivity index (χ2n) is 5.96. The Kier molecular flexibility index (Phi) is 5.26. The molecule has 0 bridgehead atoms. The molecule has 0 aliphatic rings. The van der Waals surface area contributed by atoms with Gasteiger partial charge in [0.2, 0.25) is 0 Å². The molecule has 3 aromatic carbocycles. The molecule has 0 aromatic heterocycles. The standard InChI is InChI=1S/C21H16F2N2O2/c1-13-5-2-8-16(11-13)24-20(26)14-6-3-7-15(12-14)21(27)25-19-17(22)9-4-10-18(19)23/h2-12H,1H3,(H,24,26)(H,25,27). The summed E-state index contributed by atoms with van der Waals surface area (Å²) in [6.07, 6.45) is 0. The van der Waals surface area contributed by atoms with Gasteiger partial charge < -0.3 is 10.6 Å². The van der Waals surface area contributed by atoms with E-state index in [1.165, 1.54) is 24.3 Å². The fraction of sp³-hybridized carbons (Fsp3) is 0.0476. The monoisotopic (exact) mass is 366 g/mol. The van der Waals surface area contributed by atoms with Gasteiger partial charge in [0.1, 0.15) is 17.3 Å². The topological polar surface area (TPSA) is 58.2 Å². The minimum Gasteiger partial charge on any atom is -0.322 e. The second-order valence-corrected chi connectivity index (χ2v) is 5.96. The zero-order valence-electron chi connectivity index (χ0n) is 14.4. The van der Waals surface area contributed by atoms with E-state index in [1.54, 1.807) is 12.1 Å². The Labute approximate surface area is 154 Å². The molecule has 0 saturated carbocycles. The van der Waals surface area contributed by atoms with E-state index in [2.05, 4.69) is 10.6 Å². The fourth-order valence-electron chi connectivity index (χ4n) is 2.53. The molecule has 0 heterocycles. The van der Waals surface area contributed by atoms with Crippen molar-refractivity contribution >= 4 is 23.2 Å². The van der Waals surface area contributed by atoms with Crippen LogP contribution in [0.3, 0.4) is 0 Å². The third-order valence-corrected chi connectivity index (χ3v) is 3.86. The van der Waals surface area contributed by atoms with Crippen LogP contribution in [-0.2, 0) is 0 Å². The number of rotatable bonds is 4. The Balaban J connectivity index is 1.78. The average Bonchev–Trinajstić information content (AvgIpc) is 2.65. The smallest absolute Gasteiger partial charge is 0.255 e. The SMILES string of the molecule is Cc1cccc(NC(=O)c2cccc(C(=O)Nc3c(F)cccc3F)c2)c1. The third kappa shape index (κ3) is 4.36. The molecule has 0 saturated heterocycles. The number of amides is 2. The number of para-hydroxylation sites is 1. The van der Waals surface area contributed by atoms with Gasteiger partial charge in [-0.3, -0.25) is 9.59 Å². The highest BCUT2D eigenvalue weighted by molar-refractivity contribution is 6.08. The summed E-state index contributed by atoms with van der Waals surface area (Å²) in [7, 11) is 0. The number of benzene rings is 3. The molecule has 3 rings (SSSR count). The number of nitrogens with one attached hydrogen (secondary N) is 2. The summed E-state index contributed by atoms with van der Waals surface area (Å²) in [5.74, 6) is -2.87. The zero-order valence-corrected chi connectivity index (χ0v) is 14.4. The summed E-state index contributed by atoms with van der Waals surface area (Å²) in [6, 6.07) is 16.5. The minimum atomic E-state index is -0.878. The van der Waals surface area contributed by atoms with Crippen molar-refractivity contribution in [1.29, 1.82) is 0 Å². The molecular formula is C21H16F2N2O2. The molecule has 27 heavy (non-hydrogen) atoms. The van der Waals surface area contributed by atoms with Gasteiger partial charge in [0.15, 0.2) is 0 Å². The van der Waals surface area contributed by atoms with Crippen molar-refractivity contribution in [3.05, 3.63) is 95.1 Å². The van der Waals surface area contributed by atoms with Crippen LogP contribution in [0.5, 0.6) is 0 Å². The molecule has 3 aromatic rings. The van der Waals surface area contributed by atoms with Crippen LogP contribution < -0.4 is 10.6 Å². The lowest BCUT2D eigenvalue weighted by molar-refractivity contribution is 0.102. The molecule has 0 aliphatic carbocycles. The lowest BCUT2D eigenvalue weighted by atomic mass is 10.1. The maximum atomic E-state index is 13.7. The third-order valence-electron chi connectivity index (χ3n) is 3.86. The van der Waals surface area contributed by atoms with Crippen LogP contribution >= 0.6 is 0 Å². The number of carbonyl (C=O) groups excluding carboxylic acids is 2. The van der Waals surface area contributed by atoms with Crippen LogP contribution in [0.25, 0.3) is 0 Å². The van der Waals surface area contributed by atoms with Crippen molar-refractivity contribution in [2.75, 3.05) is 10.6 Å². The molecule has 136 valence electrons. The van der Waals surface area contributed by atoms with Gasteiger partial charge in [-0.25, -0.2) is 8.78 Å². The molecule has 0 unspecified atom stereocenters. The average molecular weight is 366 g/mol. The van der Waals surface area contributed by atoms with E-state index >= 15 is 0 Å². The largest absolute Gasteiger partial charge is 0.322 e. The van der Waals surface area contributed by atoms with Crippen LogP contribution in [-0.4, -0.2) is 11.8 Å². The fourth-order valence-corrected chi connectivity index (χ4v) is 2.53. The van der Waals surface area contributed by atoms with Crippen LogP contribution in [0.2, 0.25) is 0 Å². The number of halogens is 2. The van der Waals surface area contributed by atoms with Crippen molar-refractivity contribution in [1.82, 2.24) is 0 Å². The van der Waals surface area contributed by atoms with Crippen molar-refractivity contribution < 1.29 is 18.4 Å². The number of carbonyl (C=O) groups is 2. The Hall–Kier alpha value is -3.54. The summed E-state index contributed by atoms with van der Waals surface area (Å²) in [6.45, 7) is 1.91. The summed E-state index contributed by atoms with van der Waals surface area (Å²) in [5, 5.41) is 4.94. The first-order valence-electron chi connectivity index (χ1n) is 8.17. The van der Waals surface area contributed by atoms with E-state index in [1.807, 2.05) is 25.1 Å². The molecule has 0 fully saturated rings. The molecule has 0 aliphatic heterocycles. The maximum Gasteiger partial charge on any atom is 0.255 e. The number of hydrogen-bond acceptors (Lipinski definition) is 2. The van der Waals surface area contributed by atoms with Crippen LogP contribution in [0.1, 0.15) is 26.3 Å². The highest BCUT2D eigenvalue weighted by Crippen LogP contribution is 2.19. The first-order chi connectivity index (χ1) is 12.9. The molecule has 0 spiro atoms. The van der Waals surface area contributed by atoms with E-state index in [0.29, 0.717) is 5.69 Å². The van der Waals surface area contributed by atoms with Gasteiger partial charge in [-0.05, 0) is 55.0 Å². The first kappa shape index (κ1) is 18.3. The first-order valence-corrected chi connectivity index (χ1v) is 8.17. The van der Waals surface area contributed by atoms with Gasteiger partial charge in [0.25, 0.3) is 11.8 Å². The Morgan fingerprint density at radius 3 is 1.93 bits per heavy atom. The molecule has 6 heteroatoms. The molecule has 4 nitrogen and oxygen atoms in total. The van der Waals surface area contributed by atoms with E-state index in [4.69, 9.17) is 0 Å². The highest BCUT2D eigenvalue weighted by Gasteiger charge is 2.15. The normalized spacial score (nSPS) is 10.3. The van der Waals surface area contributed by atoms with E-state index in [0.717, 1.165) is 17.7 Å². The van der Waals surface area contributed by atoms with Gasteiger partial charge >= 0.3 is 0 Å². The van der Waals surface area contributed by atoms with Gasteiger partial charge in [-0.2, -0.15) is 0 Å². The number of anilines is 2. The summed E-state index contributed by atoms with van der Waals surface area (Å²) >= 11 is 0. The quantitative estimate of drug-likeness (QED) is 0.698. The number of hydrogen-bond donors (Lipinski definition) is 2. The Morgan fingerprint density at radius 2 is 1.30 bits per heavy atom. The van der Waals surface area contributed by atoms with Crippen molar-refractivity contribution in [2.45, 2.75) is 6.92 Å². The Bertz CT molecular complexity index is 998. The molecule has 0 atom stereocenters. The van der Waals surface area contributed by atoms with Crippen molar-refractivity contribution in [2.24, 2.45) is 0 Å². The maximum absolute atomic E-state index is 13.7. The summed E-state index contributed by atoms with van der Waals surface area (Å²) < 4.78 is 27.4. The molecule has 2 N–H and O–H groups in total. The molecular weight excluding hydrogens is 350 g/mol. The predicted octanol–water partition coefficient (Wildman–Crippen LogP) is 4.78. The van der Waals surface area contributed by atoms with Gasteiger partial charge in [-0.15, -0.1) is 0 Å². The van der Waals surface area contributed by atoms with E-state index < -0.39 is 29.1 Å². The van der Waals surface area contributed by atoms with Crippen molar-refractivity contribution in [3.8, 4) is 0 Å².